The van der Waals surface area contributed by atoms with Crippen LogP contribution in [0.5, 0.6) is 5.75 Å². The third kappa shape index (κ3) is 4.90. The van der Waals surface area contributed by atoms with E-state index >= 15 is 0 Å². The molecule has 0 spiro atoms. The summed E-state index contributed by atoms with van der Waals surface area (Å²) < 4.78 is 47.9. The highest BCUT2D eigenvalue weighted by Crippen LogP contribution is 2.39. The number of rotatable bonds is 6. The van der Waals surface area contributed by atoms with Crippen molar-refractivity contribution in [1.82, 2.24) is 14.5 Å². The van der Waals surface area contributed by atoms with E-state index in [1.807, 2.05) is 24.3 Å². The van der Waals surface area contributed by atoms with Crippen LogP contribution in [0.4, 0.5) is 13.2 Å². The second kappa shape index (κ2) is 9.53. The lowest BCUT2D eigenvalue weighted by molar-refractivity contribution is -0.139. The van der Waals surface area contributed by atoms with E-state index < -0.39 is 23.8 Å². The Bertz CT molecular complexity index is 1610. The van der Waals surface area contributed by atoms with Crippen LogP contribution in [0.1, 0.15) is 33.8 Å². The molecule has 2 aromatic carbocycles. The SMILES string of the molecule is C[C@@H](Oc1cc(-n2cnc3cc(-c4ccc(Cl)nc4)ccc32)sc1C(=O)O)c1ccccc1C(F)(F)F. The van der Waals surface area contributed by atoms with Gasteiger partial charge in [-0.15, -0.1) is 11.3 Å². The minimum Gasteiger partial charge on any atom is -0.484 e. The Hall–Kier alpha value is -3.89. The second-order valence-electron chi connectivity index (χ2n) is 8.12. The Morgan fingerprint density at radius 2 is 1.84 bits per heavy atom. The van der Waals surface area contributed by atoms with Gasteiger partial charge in [-0.3, -0.25) is 4.57 Å². The molecule has 3 heterocycles. The van der Waals surface area contributed by atoms with Crippen molar-refractivity contribution in [1.29, 1.82) is 0 Å². The lowest BCUT2D eigenvalue weighted by Crippen LogP contribution is -2.14. The maximum absolute atomic E-state index is 13.5. The van der Waals surface area contributed by atoms with Crippen molar-refractivity contribution in [2.75, 3.05) is 0 Å². The zero-order valence-corrected chi connectivity index (χ0v) is 20.6. The van der Waals surface area contributed by atoms with Crippen LogP contribution in [0.25, 0.3) is 27.2 Å². The van der Waals surface area contributed by atoms with Crippen LogP contribution >= 0.6 is 22.9 Å². The molecular formula is C26H17ClF3N3O3S. The summed E-state index contributed by atoms with van der Waals surface area (Å²) in [5.41, 5.74) is 2.19. The minimum absolute atomic E-state index is 0.0253. The summed E-state index contributed by atoms with van der Waals surface area (Å²) in [6.07, 6.45) is -2.41. The van der Waals surface area contributed by atoms with Gasteiger partial charge in [-0.2, -0.15) is 13.2 Å². The molecule has 3 aromatic heterocycles. The number of carbonyl (C=O) groups is 1. The molecule has 6 nitrogen and oxygen atoms in total. The number of aromatic nitrogens is 3. The molecule has 1 atom stereocenters. The van der Waals surface area contributed by atoms with Gasteiger partial charge in [-0.25, -0.2) is 14.8 Å². The van der Waals surface area contributed by atoms with Crippen molar-refractivity contribution in [3.05, 3.63) is 94.3 Å². The average Bonchev–Trinajstić information content (AvgIpc) is 3.47. The van der Waals surface area contributed by atoms with Gasteiger partial charge in [0, 0.05) is 23.4 Å². The monoisotopic (exact) mass is 543 g/mol. The predicted octanol–water partition coefficient (Wildman–Crippen LogP) is 7.66. The Labute approximate surface area is 217 Å². The van der Waals surface area contributed by atoms with Gasteiger partial charge in [-0.05, 0) is 42.8 Å². The first-order valence-electron chi connectivity index (χ1n) is 10.9. The summed E-state index contributed by atoms with van der Waals surface area (Å²) in [5, 5.41) is 10.6. The van der Waals surface area contributed by atoms with Crippen LogP contribution in [0, 0.1) is 0 Å². The third-order valence-corrected chi connectivity index (χ3v) is 7.06. The van der Waals surface area contributed by atoms with Crippen molar-refractivity contribution in [2.45, 2.75) is 19.2 Å². The summed E-state index contributed by atoms with van der Waals surface area (Å²) >= 11 is 6.81. The molecule has 11 heteroatoms. The average molecular weight is 544 g/mol. The van der Waals surface area contributed by atoms with Gasteiger partial charge in [0.1, 0.15) is 28.3 Å². The zero-order chi connectivity index (χ0) is 26.3. The quantitative estimate of drug-likeness (QED) is 0.222. The Kier molecular flexibility index (Phi) is 6.38. The van der Waals surface area contributed by atoms with Crippen LogP contribution in [0.3, 0.4) is 0 Å². The van der Waals surface area contributed by atoms with E-state index in [0.717, 1.165) is 28.5 Å². The van der Waals surface area contributed by atoms with Crippen molar-refractivity contribution in [2.24, 2.45) is 0 Å². The lowest BCUT2D eigenvalue weighted by atomic mass is 10.0. The molecule has 0 aliphatic rings. The highest BCUT2D eigenvalue weighted by Gasteiger charge is 2.35. The number of imidazole rings is 1. The van der Waals surface area contributed by atoms with Gasteiger partial charge in [0.25, 0.3) is 0 Å². The first kappa shape index (κ1) is 24.8. The van der Waals surface area contributed by atoms with E-state index in [-0.39, 0.29) is 16.2 Å². The molecule has 5 rings (SSSR count). The molecule has 0 saturated carbocycles. The summed E-state index contributed by atoms with van der Waals surface area (Å²) in [6.45, 7) is 1.45. The molecule has 0 radical (unpaired) electrons. The highest BCUT2D eigenvalue weighted by atomic mass is 35.5. The number of alkyl halides is 3. The summed E-state index contributed by atoms with van der Waals surface area (Å²) in [4.78, 5) is 20.4. The fourth-order valence-corrected chi connectivity index (χ4v) is 5.02. The Balaban J connectivity index is 1.49. The number of ether oxygens (including phenoxy) is 1. The molecule has 0 unspecified atom stereocenters. The van der Waals surface area contributed by atoms with Crippen molar-refractivity contribution in [3.8, 4) is 21.9 Å². The van der Waals surface area contributed by atoms with Gasteiger partial charge in [0.15, 0.2) is 4.88 Å². The van der Waals surface area contributed by atoms with Gasteiger partial charge < -0.3 is 9.84 Å². The topological polar surface area (TPSA) is 77.2 Å². The maximum Gasteiger partial charge on any atom is 0.416 e. The van der Waals surface area contributed by atoms with Crippen molar-refractivity contribution in [3.63, 3.8) is 0 Å². The molecule has 0 saturated heterocycles. The molecular weight excluding hydrogens is 527 g/mol. The molecule has 5 aromatic rings. The molecule has 0 aliphatic carbocycles. The van der Waals surface area contributed by atoms with E-state index in [9.17, 15) is 23.1 Å². The van der Waals surface area contributed by atoms with Crippen LogP contribution < -0.4 is 4.74 Å². The molecule has 0 amide bonds. The van der Waals surface area contributed by atoms with E-state index in [4.69, 9.17) is 16.3 Å². The number of aromatic carboxylic acids is 1. The fourth-order valence-electron chi connectivity index (χ4n) is 4.00. The van der Waals surface area contributed by atoms with Crippen LogP contribution in [-0.2, 0) is 6.18 Å². The van der Waals surface area contributed by atoms with E-state index in [1.165, 1.54) is 31.2 Å². The summed E-state index contributed by atoms with van der Waals surface area (Å²) in [5.74, 6) is -1.27. The molecule has 37 heavy (non-hydrogen) atoms. The number of hydrogen-bond acceptors (Lipinski definition) is 5. The number of carboxylic acids is 1. The predicted molar refractivity (Wildman–Crippen MR) is 135 cm³/mol. The van der Waals surface area contributed by atoms with Crippen LogP contribution in [0.2, 0.25) is 5.15 Å². The third-order valence-electron chi connectivity index (χ3n) is 5.73. The largest absolute Gasteiger partial charge is 0.484 e. The number of carboxylic acid groups (broad SMARTS) is 1. The number of pyridine rings is 1. The zero-order valence-electron chi connectivity index (χ0n) is 19.0. The van der Waals surface area contributed by atoms with Crippen molar-refractivity contribution >= 4 is 39.9 Å². The summed E-state index contributed by atoms with van der Waals surface area (Å²) in [6, 6.07) is 15.7. The molecule has 0 bridgehead atoms. The number of halogens is 4. The normalized spacial score (nSPS) is 12.6. The summed E-state index contributed by atoms with van der Waals surface area (Å²) in [7, 11) is 0. The molecule has 1 N–H and O–H groups in total. The van der Waals surface area contributed by atoms with Crippen molar-refractivity contribution < 1.29 is 27.8 Å². The smallest absolute Gasteiger partial charge is 0.416 e. The van der Waals surface area contributed by atoms with E-state index in [1.54, 1.807) is 23.2 Å². The standard InChI is InChI=1S/C26H17ClF3N3O3S/c1-14(17-4-2-3-5-18(17)26(28,29)30)36-21-11-23(37-24(21)25(34)35)33-13-32-19-10-15(6-8-20(19)33)16-7-9-22(27)31-12-16/h2-14H,1H3,(H,34,35)/t14-/m1/s1. The molecule has 0 fully saturated rings. The van der Waals surface area contributed by atoms with E-state index in [0.29, 0.717) is 21.2 Å². The highest BCUT2D eigenvalue weighted by molar-refractivity contribution is 7.16. The Morgan fingerprint density at radius 3 is 2.54 bits per heavy atom. The number of benzene rings is 2. The van der Waals surface area contributed by atoms with E-state index in [2.05, 4.69) is 9.97 Å². The first-order valence-corrected chi connectivity index (χ1v) is 12.1. The number of nitrogens with zero attached hydrogens (tertiary/aromatic N) is 3. The minimum atomic E-state index is -4.57. The number of thiophene rings is 1. The van der Waals surface area contributed by atoms with Gasteiger partial charge in [0.05, 0.1) is 16.6 Å². The second-order valence-corrected chi connectivity index (χ2v) is 9.53. The lowest BCUT2D eigenvalue weighted by Gasteiger charge is -2.19. The van der Waals surface area contributed by atoms with Crippen LogP contribution in [-0.4, -0.2) is 25.6 Å². The number of hydrogen-bond donors (Lipinski definition) is 1. The molecule has 188 valence electrons. The maximum atomic E-state index is 13.5. The van der Waals surface area contributed by atoms with Gasteiger partial charge >= 0.3 is 12.1 Å². The Morgan fingerprint density at radius 1 is 1.08 bits per heavy atom. The first-order chi connectivity index (χ1) is 17.6. The molecule has 0 aliphatic heterocycles. The fraction of sp³-hybridized carbons (Fsp3) is 0.115. The number of fused-ring (bicyclic) bond motifs is 1. The van der Waals surface area contributed by atoms with Gasteiger partial charge in [-0.1, -0.05) is 35.9 Å². The van der Waals surface area contributed by atoms with Gasteiger partial charge in [0.2, 0.25) is 0 Å². The van der Waals surface area contributed by atoms with Crippen LogP contribution in [0.15, 0.2) is 73.2 Å².